The molecule has 0 bridgehead atoms. The average molecular weight is 258 g/mol. The maximum Gasteiger partial charge on any atom is 0.159 e. The van der Waals surface area contributed by atoms with Crippen molar-refractivity contribution in [2.45, 2.75) is 26.2 Å². The zero-order valence-electron chi connectivity index (χ0n) is 11.8. The molecule has 4 nitrogen and oxygen atoms in total. The van der Waals surface area contributed by atoms with Gasteiger partial charge in [0, 0.05) is 19.7 Å². The fourth-order valence-electron chi connectivity index (χ4n) is 3.02. The van der Waals surface area contributed by atoms with E-state index in [4.69, 9.17) is 4.98 Å². The molecule has 3 heterocycles. The smallest absolute Gasteiger partial charge is 0.159 e. The van der Waals surface area contributed by atoms with Gasteiger partial charge in [0.2, 0.25) is 0 Å². The molecule has 0 spiro atoms. The van der Waals surface area contributed by atoms with Crippen molar-refractivity contribution in [3.05, 3.63) is 24.2 Å². The van der Waals surface area contributed by atoms with Crippen molar-refractivity contribution in [3.8, 4) is 0 Å². The lowest BCUT2D eigenvalue weighted by atomic mass is 9.93. The second-order valence-electron chi connectivity index (χ2n) is 5.51. The molecule has 0 atom stereocenters. The Labute approximate surface area is 114 Å². The van der Waals surface area contributed by atoms with Crippen molar-refractivity contribution in [2.24, 2.45) is 13.0 Å². The molecule has 0 aliphatic carbocycles. The molecular weight excluding hydrogens is 236 g/mol. The van der Waals surface area contributed by atoms with Crippen LogP contribution in [0.3, 0.4) is 0 Å². The first-order valence-corrected chi connectivity index (χ1v) is 7.26. The zero-order chi connectivity index (χ0) is 13.2. The van der Waals surface area contributed by atoms with Crippen LogP contribution in [0.1, 0.15) is 25.6 Å². The Balaban J connectivity index is 1.73. The molecule has 19 heavy (non-hydrogen) atoms. The second kappa shape index (κ2) is 5.29. The Bertz CT molecular complexity index is 552. The number of pyridine rings is 1. The number of aromatic nitrogens is 3. The summed E-state index contributed by atoms with van der Waals surface area (Å²) in [5, 5.41) is 0. The van der Waals surface area contributed by atoms with E-state index in [0.717, 1.165) is 23.5 Å². The standard InChI is InChI=1S/C15H22N4/c1-3-19-9-6-12(7-10-19)11-14-17-13-5-4-8-16-15(13)18(14)2/h4-5,8,12H,3,6-7,9-11H2,1-2H3. The highest BCUT2D eigenvalue weighted by atomic mass is 15.1. The van der Waals surface area contributed by atoms with Gasteiger partial charge in [-0.15, -0.1) is 0 Å². The van der Waals surface area contributed by atoms with Crippen LogP contribution in [0, 0.1) is 5.92 Å². The quantitative estimate of drug-likeness (QED) is 0.846. The fraction of sp³-hybridized carbons (Fsp3) is 0.600. The normalized spacial score (nSPS) is 18.2. The molecule has 1 saturated heterocycles. The minimum absolute atomic E-state index is 0.776. The Morgan fingerprint density at radius 1 is 1.32 bits per heavy atom. The van der Waals surface area contributed by atoms with Gasteiger partial charge in [-0.2, -0.15) is 0 Å². The van der Waals surface area contributed by atoms with Crippen LogP contribution < -0.4 is 0 Å². The number of imidazole rings is 1. The van der Waals surface area contributed by atoms with E-state index in [9.17, 15) is 0 Å². The van der Waals surface area contributed by atoms with Crippen LogP contribution in [0.4, 0.5) is 0 Å². The predicted octanol–water partition coefficient (Wildman–Crippen LogP) is 2.24. The largest absolute Gasteiger partial charge is 0.316 e. The molecule has 1 aliphatic heterocycles. The molecule has 1 aliphatic rings. The van der Waals surface area contributed by atoms with Crippen molar-refractivity contribution in [1.29, 1.82) is 0 Å². The number of hydrogen-bond donors (Lipinski definition) is 0. The van der Waals surface area contributed by atoms with Crippen LogP contribution in [0.15, 0.2) is 18.3 Å². The first-order valence-electron chi connectivity index (χ1n) is 7.26. The maximum absolute atomic E-state index is 4.73. The van der Waals surface area contributed by atoms with Crippen LogP contribution in [-0.2, 0) is 13.5 Å². The Kier molecular flexibility index (Phi) is 3.51. The lowest BCUT2D eigenvalue weighted by molar-refractivity contribution is 0.190. The van der Waals surface area contributed by atoms with Crippen LogP contribution in [-0.4, -0.2) is 39.1 Å². The van der Waals surface area contributed by atoms with E-state index in [1.807, 2.05) is 18.3 Å². The van der Waals surface area contributed by atoms with Crippen molar-refractivity contribution < 1.29 is 0 Å². The van der Waals surface area contributed by atoms with Gasteiger partial charge in [-0.25, -0.2) is 9.97 Å². The molecule has 3 rings (SSSR count). The molecule has 0 saturated carbocycles. The summed E-state index contributed by atoms with van der Waals surface area (Å²) in [5.74, 6) is 1.96. The van der Waals surface area contributed by atoms with E-state index in [1.165, 1.54) is 38.3 Å². The van der Waals surface area contributed by atoms with Gasteiger partial charge in [-0.3, -0.25) is 0 Å². The predicted molar refractivity (Wildman–Crippen MR) is 77.1 cm³/mol. The monoisotopic (exact) mass is 258 g/mol. The average Bonchev–Trinajstić information content (AvgIpc) is 2.77. The highest BCUT2D eigenvalue weighted by Gasteiger charge is 2.20. The molecule has 0 amide bonds. The molecule has 2 aromatic rings. The van der Waals surface area contributed by atoms with Crippen LogP contribution >= 0.6 is 0 Å². The maximum atomic E-state index is 4.73. The summed E-state index contributed by atoms with van der Waals surface area (Å²) in [6.07, 6.45) is 5.52. The van der Waals surface area contributed by atoms with Gasteiger partial charge in [-0.05, 0) is 50.5 Å². The van der Waals surface area contributed by atoms with Crippen molar-refractivity contribution in [1.82, 2.24) is 19.4 Å². The number of piperidine rings is 1. The van der Waals surface area contributed by atoms with Gasteiger partial charge in [0.25, 0.3) is 0 Å². The first-order chi connectivity index (χ1) is 9.28. The molecule has 0 N–H and O–H groups in total. The third-order valence-corrected chi connectivity index (χ3v) is 4.35. The number of likely N-dealkylation sites (tertiary alicyclic amines) is 1. The first kappa shape index (κ1) is 12.6. The van der Waals surface area contributed by atoms with Crippen LogP contribution in [0.5, 0.6) is 0 Å². The van der Waals surface area contributed by atoms with Crippen molar-refractivity contribution in [3.63, 3.8) is 0 Å². The molecule has 102 valence electrons. The summed E-state index contributed by atoms with van der Waals surface area (Å²) < 4.78 is 2.15. The van der Waals surface area contributed by atoms with Crippen LogP contribution in [0.25, 0.3) is 11.2 Å². The molecule has 1 fully saturated rings. The summed E-state index contributed by atoms with van der Waals surface area (Å²) in [4.78, 5) is 11.7. The van der Waals surface area contributed by atoms with Gasteiger partial charge < -0.3 is 9.47 Å². The van der Waals surface area contributed by atoms with Gasteiger partial charge >= 0.3 is 0 Å². The topological polar surface area (TPSA) is 34.0 Å². The number of aryl methyl sites for hydroxylation is 1. The molecule has 4 heteroatoms. The van der Waals surface area contributed by atoms with E-state index in [1.54, 1.807) is 0 Å². The number of fused-ring (bicyclic) bond motifs is 1. The highest BCUT2D eigenvalue weighted by Crippen LogP contribution is 2.22. The Morgan fingerprint density at radius 2 is 2.11 bits per heavy atom. The van der Waals surface area contributed by atoms with Crippen LogP contribution in [0.2, 0.25) is 0 Å². The van der Waals surface area contributed by atoms with E-state index >= 15 is 0 Å². The SMILES string of the molecule is CCN1CCC(Cc2nc3cccnc3n2C)CC1. The van der Waals surface area contributed by atoms with Gasteiger partial charge in [-0.1, -0.05) is 6.92 Å². The third kappa shape index (κ3) is 2.50. The molecule has 0 radical (unpaired) electrons. The van der Waals surface area contributed by atoms with E-state index < -0.39 is 0 Å². The van der Waals surface area contributed by atoms with E-state index in [0.29, 0.717) is 0 Å². The summed E-state index contributed by atoms with van der Waals surface area (Å²) in [6.45, 7) is 5.91. The number of hydrogen-bond acceptors (Lipinski definition) is 3. The van der Waals surface area contributed by atoms with Crippen molar-refractivity contribution in [2.75, 3.05) is 19.6 Å². The molecular formula is C15H22N4. The molecule has 0 aromatic carbocycles. The lowest BCUT2D eigenvalue weighted by Crippen LogP contribution is -2.34. The van der Waals surface area contributed by atoms with E-state index in [-0.39, 0.29) is 0 Å². The van der Waals surface area contributed by atoms with Gasteiger partial charge in [0.05, 0.1) is 0 Å². The third-order valence-electron chi connectivity index (χ3n) is 4.35. The summed E-state index contributed by atoms with van der Waals surface area (Å²) in [6, 6.07) is 4.00. The minimum atomic E-state index is 0.776. The van der Waals surface area contributed by atoms with Gasteiger partial charge in [0.15, 0.2) is 5.65 Å². The number of nitrogens with zero attached hydrogens (tertiary/aromatic N) is 4. The number of rotatable bonds is 3. The fourth-order valence-corrected chi connectivity index (χ4v) is 3.02. The van der Waals surface area contributed by atoms with Crippen molar-refractivity contribution >= 4 is 11.2 Å². The lowest BCUT2D eigenvalue weighted by Gasteiger charge is -2.30. The zero-order valence-corrected chi connectivity index (χ0v) is 11.8. The summed E-state index contributed by atoms with van der Waals surface area (Å²) in [7, 11) is 2.08. The summed E-state index contributed by atoms with van der Waals surface area (Å²) >= 11 is 0. The Hall–Kier alpha value is -1.42. The molecule has 2 aromatic heterocycles. The summed E-state index contributed by atoms with van der Waals surface area (Å²) in [5.41, 5.74) is 2.02. The second-order valence-corrected chi connectivity index (χ2v) is 5.51. The highest BCUT2D eigenvalue weighted by molar-refractivity contribution is 5.70. The Morgan fingerprint density at radius 3 is 2.79 bits per heavy atom. The molecule has 0 unspecified atom stereocenters. The van der Waals surface area contributed by atoms with E-state index in [2.05, 4.69) is 28.4 Å². The minimum Gasteiger partial charge on any atom is -0.316 e. The van der Waals surface area contributed by atoms with Gasteiger partial charge in [0.1, 0.15) is 11.3 Å².